The number of carbonyl (C=O) groups excluding carboxylic acids is 1. The van der Waals surface area contributed by atoms with E-state index in [1.54, 1.807) is 64.2 Å². The Morgan fingerprint density at radius 2 is 1.69 bits per heavy atom. The number of fused-ring (bicyclic) bond motifs is 1. The van der Waals surface area contributed by atoms with Crippen LogP contribution in [0.1, 0.15) is 48.6 Å². The molecule has 35 heavy (non-hydrogen) atoms. The standard InChI is InChI=1S/C26H29N5O4/c1-5-14-30-23-22(24(32)31(15-6-2)26(30)34)29(4)21(27-23)13-12-18-16-20(28(3)17-18)25(33)35-19-10-8-7-9-11-19/h7-13,16-17H,5-6,14-15H2,1-4H3/b13-12+. The van der Waals surface area contributed by atoms with Crippen LogP contribution in [0.2, 0.25) is 0 Å². The van der Waals surface area contributed by atoms with Gasteiger partial charge in [0.25, 0.3) is 5.56 Å². The van der Waals surface area contributed by atoms with Crippen molar-refractivity contribution < 1.29 is 9.53 Å². The van der Waals surface area contributed by atoms with Crippen LogP contribution in [0.3, 0.4) is 0 Å². The van der Waals surface area contributed by atoms with Crippen molar-refractivity contribution in [3.8, 4) is 5.75 Å². The number of aryl methyl sites for hydroxylation is 3. The summed E-state index contributed by atoms with van der Waals surface area (Å²) in [5, 5.41) is 0. The average molecular weight is 476 g/mol. The van der Waals surface area contributed by atoms with Gasteiger partial charge in [-0.2, -0.15) is 0 Å². The van der Waals surface area contributed by atoms with Crippen molar-refractivity contribution in [1.29, 1.82) is 0 Å². The molecule has 0 amide bonds. The van der Waals surface area contributed by atoms with Gasteiger partial charge in [-0.1, -0.05) is 32.0 Å². The number of imidazole rings is 1. The van der Waals surface area contributed by atoms with E-state index in [0.717, 1.165) is 12.0 Å². The Morgan fingerprint density at radius 3 is 2.37 bits per heavy atom. The van der Waals surface area contributed by atoms with Crippen LogP contribution in [0, 0.1) is 0 Å². The van der Waals surface area contributed by atoms with Gasteiger partial charge in [-0.3, -0.25) is 13.9 Å². The highest BCUT2D eigenvalue weighted by molar-refractivity contribution is 5.90. The second-order valence-corrected chi connectivity index (χ2v) is 8.40. The molecular formula is C26H29N5O4. The lowest BCUT2D eigenvalue weighted by Gasteiger charge is -2.10. The van der Waals surface area contributed by atoms with E-state index >= 15 is 0 Å². The highest BCUT2D eigenvalue weighted by Gasteiger charge is 2.19. The molecule has 0 aliphatic rings. The van der Waals surface area contributed by atoms with Crippen molar-refractivity contribution in [2.24, 2.45) is 14.1 Å². The van der Waals surface area contributed by atoms with Gasteiger partial charge >= 0.3 is 11.7 Å². The molecule has 0 aliphatic carbocycles. The van der Waals surface area contributed by atoms with Gasteiger partial charge < -0.3 is 13.9 Å². The monoisotopic (exact) mass is 475 g/mol. The second-order valence-electron chi connectivity index (χ2n) is 8.40. The first-order valence-electron chi connectivity index (χ1n) is 11.7. The van der Waals surface area contributed by atoms with Gasteiger partial charge in [-0.25, -0.2) is 14.6 Å². The van der Waals surface area contributed by atoms with Gasteiger partial charge in [0, 0.05) is 33.4 Å². The Balaban J connectivity index is 1.69. The van der Waals surface area contributed by atoms with Crippen LogP contribution in [0.15, 0.2) is 52.2 Å². The van der Waals surface area contributed by atoms with Crippen LogP contribution in [0.5, 0.6) is 5.75 Å². The maximum absolute atomic E-state index is 13.1. The predicted octanol–water partition coefficient (Wildman–Crippen LogP) is 3.44. The molecule has 9 heteroatoms. The van der Waals surface area contributed by atoms with Crippen molar-refractivity contribution in [3.63, 3.8) is 0 Å². The van der Waals surface area contributed by atoms with E-state index in [9.17, 15) is 14.4 Å². The summed E-state index contributed by atoms with van der Waals surface area (Å²) in [6.07, 6.45) is 6.81. The fourth-order valence-electron chi connectivity index (χ4n) is 4.08. The van der Waals surface area contributed by atoms with Gasteiger partial charge in [0.15, 0.2) is 11.2 Å². The average Bonchev–Trinajstić information content (AvgIpc) is 3.38. The van der Waals surface area contributed by atoms with Gasteiger partial charge in [0.1, 0.15) is 17.3 Å². The van der Waals surface area contributed by atoms with Crippen molar-refractivity contribution >= 4 is 29.3 Å². The first-order chi connectivity index (χ1) is 16.8. The van der Waals surface area contributed by atoms with E-state index in [1.165, 1.54) is 4.57 Å². The number of hydrogen-bond donors (Lipinski definition) is 0. The van der Waals surface area contributed by atoms with E-state index < -0.39 is 5.97 Å². The first kappa shape index (κ1) is 24.0. The lowest BCUT2D eigenvalue weighted by Crippen LogP contribution is -2.40. The minimum absolute atomic E-state index is 0.329. The highest BCUT2D eigenvalue weighted by Crippen LogP contribution is 2.17. The summed E-state index contributed by atoms with van der Waals surface area (Å²) in [6, 6.07) is 10.6. The molecule has 3 heterocycles. The molecule has 0 aliphatic heterocycles. The lowest BCUT2D eigenvalue weighted by molar-refractivity contribution is 0.0725. The Morgan fingerprint density at radius 1 is 1.00 bits per heavy atom. The van der Waals surface area contributed by atoms with Gasteiger partial charge in [-0.15, -0.1) is 0 Å². The maximum Gasteiger partial charge on any atom is 0.360 e. The first-order valence-corrected chi connectivity index (χ1v) is 11.7. The fourth-order valence-corrected chi connectivity index (χ4v) is 4.08. The molecule has 4 aromatic rings. The molecule has 0 saturated heterocycles. The Kier molecular flexibility index (Phi) is 6.86. The number of aromatic nitrogens is 5. The second kappa shape index (κ2) is 10.0. The molecular weight excluding hydrogens is 446 g/mol. The molecule has 0 unspecified atom stereocenters. The normalized spacial score (nSPS) is 11.5. The number of hydrogen-bond acceptors (Lipinski definition) is 5. The molecule has 0 radical (unpaired) electrons. The van der Waals surface area contributed by atoms with Gasteiger partial charge in [0.05, 0.1) is 0 Å². The molecule has 9 nitrogen and oxygen atoms in total. The van der Waals surface area contributed by atoms with Crippen molar-refractivity contribution in [2.45, 2.75) is 39.8 Å². The van der Waals surface area contributed by atoms with Crippen molar-refractivity contribution in [1.82, 2.24) is 23.3 Å². The molecule has 4 rings (SSSR count). The van der Waals surface area contributed by atoms with Gasteiger partial charge in [0.2, 0.25) is 0 Å². The molecule has 0 bridgehead atoms. The molecule has 0 atom stereocenters. The summed E-state index contributed by atoms with van der Waals surface area (Å²) in [5.74, 6) is 0.552. The maximum atomic E-state index is 13.1. The zero-order chi connectivity index (χ0) is 25.1. The molecule has 3 aromatic heterocycles. The van der Waals surface area contributed by atoms with E-state index in [4.69, 9.17) is 4.74 Å². The van der Waals surface area contributed by atoms with Crippen LogP contribution >= 0.6 is 0 Å². The minimum atomic E-state index is -0.457. The van der Waals surface area contributed by atoms with Crippen molar-refractivity contribution in [3.05, 3.63) is 80.5 Å². The molecule has 182 valence electrons. The smallest absolute Gasteiger partial charge is 0.360 e. The summed E-state index contributed by atoms with van der Waals surface area (Å²) < 4.78 is 11.7. The third-order valence-electron chi connectivity index (χ3n) is 5.78. The minimum Gasteiger partial charge on any atom is -0.422 e. The molecule has 0 fully saturated rings. The van der Waals surface area contributed by atoms with E-state index in [0.29, 0.717) is 47.9 Å². The number of rotatable bonds is 8. The van der Waals surface area contributed by atoms with Crippen LogP contribution < -0.4 is 16.0 Å². The molecule has 0 saturated carbocycles. The predicted molar refractivity (Wildman–Crippen MR) is 136 cm³/mol. The SMILES string of the molecule is CCCn1c(=O)c2c(nc(/C=C/c3cc(C(=O)Oc4ccccc4)n(C)c3)n2C)n(CCC)c1=O. The van der Waals surface area contributed by atoms with Crippen molar-refractivity contribution in [2.75, 3.05) is 0 Å². The Labute approximate surface area is 202 Å². The summed E-state index contributed by atoms with van der Waals surface area (Å²) in [7, 11) is 3.54. The number of para-hydroxylation sites is 1. The number of benzene rings is 1. The lowest BCUT2D eigenvalue weighted by atomic mass is 10.3. The number of nitrogens with zero attached hydrogens (tertiary/aromatic N) is 5. The fraction of sp³-hybridized carbons (Fsp3) is 0.308. The van der Waals surface area contributed by atoms with Crippen LogP contribution in [-0.2, 0) is 27.2 Å². The van der Waals surface area contributed by atoms with Crippen LogP contribution in [0.4, 0.5) is 0 Å². The largest absolute Gasteiger partial charge is 0.422 e. The summed E-state index contributed by atoms with van der Waals surface area (Å²) >= 11 is 0. The number of esters is 1. The Bertz CT molecular complexity index is 1520. The summed E-state index contributed by atoms with van der Waals surface area (Å²) in [6.45, 7) is 4.75. The number of carbonyl (C=O) groups is 1. The molecule has 1 aromatic carbocycles. The third-order valence-corrected chi connectivity index (χ3v) is 5.78. The topological polar surface area (TPSA) is 93.1 Å². The Hall–Kier alpha value is -4.14. The molecule has 0 spiro atoms. The highest BCUT2D eigenvalue weighted by atomic mass is 16.5. The third kappa shape index (κ3) is 4.62. The van der Waals surface area contributed by atoms with Crippen LogP contribution in [0.25, 0.3) is 23.3 Å². The van der Waals surface area contributed by atoms with E-state index in [2.05, 4.69) is 4.98 Å². The molecule has 0 N–H and O–H groups in total. The van der Waals surface area contributed by atoms with E-state index in [1.807, 2.05) is 32.2 Å². The quantitative estimate of drug-likeness (QED) is 0.288. The zero-order valence-electron chi connectivity index (χ0n) is 20.4. The summed E-state index contributed by atoms with van der Waals surface area (Å²) in [4.78, 5) is 43.2. The summed E-state index contributed by atoms with van der Waals surface area (Å²) in [5.41, 5.74) is 1.29. The zero-order valence-corrected chi connectivity index (χ0v) is 20.4. The van der Waals surface area contributed by atoms with Crippen LogP contribution in [-0.4, -0.2) is 29.2 Å². The number of ether oxygens (including phenoxy) is 1. The van der Waals surface area contributed by atoms with E-state index in [-0.39, 0.29) is 11.2 Å². The van der Waals surface area contributed by atoms with Gasteiger partial charge in [-0.05, 0) is 48.8 Å².